The van der Waals surface area contributed by atoms with Crippen LogP contribution in [-0.4, -0.2) is 31.3 Å². The molecule has 1 unspecified atom stereocenters. The number of aryl methyl sites for hydroxylation is 3. The molecule has 0 radical (unpaired) electrons. The SMILES string of the molecule is CC(CCn1nnnc1CCc1ccccc1)C(=O)O. The van der Waals surface area contributed by atoms with Crippen molar-refractivity contribution in [3.63, 3.8) is 0 Å². The first-order valence-corrected chi connectivity index (χ1v) is 6.68. The summed E-state index contributed by atoms with van der Waals surface area (Å²) in [5, 5.41) is 20.5. The second-order valence-electron chi connectivity index (χ2n) is 4.83. The maximum atomic E-state index is 10.8. The summed E-state index contributed by atoms with van der Waals surface area (Å²) in [5.74, 6) is -0.378. The average Bonchev–Trinajstić information content (AvgIpc) is 2.91. The van der Waals surface area contributed by atoms with Gasteiger partial charge in [-0.15, -0.1) is 5.10 Å². The summed E-state index contributed by atoms with van der Waals surface area (Å²) >= 11 is 0. The van der Waals surface area contributed by atoms with Crippen molar-refractivity contribution in [2.75, 3.05) is 0 Å². The van der Waals surface area contributed by atoms with Crippen molar-refractivity contribution in [1.82, 2.24) is 20.2 Å². The third-order valence-corrected chi connectivity index (χ3v) is 3.28. The third-order valence-electron chi connectivity index (χ3n) is 3.28. The quantitative estimate of drug-likeness (QED) is 0.828. The minimum absolute atomic E-state index is 0.388. The molecule has 6 heteroatoms. The molecule has 6 nitrogen and oxygen atoms in total. The van der Waals surface area contributed by atoms with E-state index < -0.39 is 5.97 Å². The fourth-order valence-electron chi connectivity index (χ4n) is 1.92. The molecule has 106 valence electrons. The molecule has 1 aromatic heterocycles. The molecular weight excluding hydrogens is 256 g/mol. The van der Waals surface area contributed by atoms with Gasteiger partial charge in [0.1, 0.15) is 0 Å². The highest BCUT2D eigenvalue weighted by Gasteiger charge is 2.13. The topological polar surface area (TPSA) is 80.9 Å². The molecular formula is C14H18N4O2. The van der Waals surface area contributed by atoms with Crippen LogP contribution >= 0.6 is 0 Å². The predicted octanol–water partition coefficient (Wildman–Crippen LogP) is 1.57. The van der Waals surface area contributed by atoms with E-state index in [-0.39, 0.29) is 5.92 Å². The van der Waals surface area contributed by atoms with Crippen molar-refractivity contribution < 1.29 is 9.90 Å². The van der Waals surface area contributed by atoms with Gasteiger partial charge in [0.15, 0.2) is 5.82 Å². The van der Waals surface area contributed by atoms with Crippen molar-refractivity contribution in [1.29, 1.82) is 0 Å². The number of aliphatic carboxylic acids is 1. The maximum Gasteiger partial charge on any atom is 0.306 e. The predicted molar refractivity (Wildman–Crippen MR) is 73.1 cm³/mol. The lowest BCUT2D eigenvalue weighted by molar-refractivity contribution is -0.141. The molecule has 0 saturated heterocycles. The lowest BCUT2D eigenvalue weighted by Crippen LogP contribution is -2.15. The molecule has 1 heterocycles. The Hall–Kier alpha value is -2.24. The largest absolute Gasteiger partial charge is 0.481 e. The minimum Gasteiger partial charge on any atom is -0.481 e. The van der Waals surface area contributed by atoms with Gasteiger partial charge in [0.25, 0.3) is 0 Å². The second kappa shape index (κ2) is 6.79. The summed E-state index contributed by atoms with van der Waals surface area (Å²) < 4.78 is 1.70. The van der Waals surface area contributed by atoms with Crippen LogP contribution in [0.15, 0.2) is 30.3 Å². The first-order chi connectivity index (χ1) is 9.66. The van der Waals surface area contributed by atoms with Crippen LogP contribution in [0.1, 0.15) is 24.7 Å². The van der Waals surface area contributed by atoms with E-state index in [1.807, 2.05) is 18.2 Å². The number of nitrogens with zero attached hydrogens (tertiary/aromatic N) is 4. The lowest BCUT2D eigenvalue weighted by atomic mass is 10.1. The fourth-order valence-corrected chi connectivity index (χ4v) is 1.92. The molecule has 0 aliphatic rings. The Morgan fingerprint density at radius 1 is 1.30 bits per heavy atom. The molecule has 1 atom stereocenters. The van der Waals surface area contributed by atoms with Gasteiger partial charge in [-0.2, -0.15) is 0 Å². The van der Waals surface area contributed by atoms with Gasteiger partial charge < -0.3 is 5.11 Å². The highest BCUT2D eigenvalue weighted by molar-refractivity contribution is 5.69. The summed E-state index contributed by atoms with van der Waals surface area (Å²) in [5.41, 5.74) is 1.24. The Labute approximate surface area is 117 Å². The molecule has 20 heavy (non-hydrogen) atoms. The first-order valence-electron chi connectivity index (χ1n) is 6.68. The van der Waals surface area contributed by atoms with E-state index in [9.17, 15) is 4.79 Å². The van der Waals surface area contributed by atoms with Crippen LogP contribution in [0.25, 0.3) is 0 Å². The highest BCUT2D eigenvalue weighted by Crippen LogP contribution is 2.07. The zero-order valence-corrected chi connectivity index (χ0v) is 11.4. The number of tetrazole rings is 1. The molecule has 0 saturated carbocycles. The molecule has 1 aromatic carbocycles. The van der Waals surface area contributed by atoms with Crippen LogP contribution in [-0.2, 0) is 24.2 Å². The van der Waals surface area contributed by atoms with Gasteiger partial charge in [0.2, 0.25) is 0 Å². The minimum atomic E-state index is -0.788. The Balaban J connectivity index is 1.90. The Morgan fingerprint density at radius 2 is 2.05 bits per heavy atom. The molecule has 0 fully saturated rings. The van der Waals surface area contributed by atoms with Crippen molar-refractivity contribution in [2.24, 2.45) is 5.92 Å². The normalized spacial score (nSPS) is 12.2. The molecule has 0 bridgehead atoms. The zero-order chi connectivity index (χ0) is 14.4. The van der Waals surface area contributed by atoms with Crippen LogP contribution in [0.3, 0.4) is 0 Å². The highest BCUT2D eigenvalue weighted by atomic mass is 16.4. The van der Waals surface area contributed by atoms with Gasteiger partial charge in [0.05, 0.1) is 5.92 Å². The second-order valence-corrected chi connectivity index (χ2v) is 4.83. The van der Waals surface area contributed by atoms with Crippen molar-refractivity contribution in [2.45, 2.75) is 32.7 Å². The number of aromatic nitrogens is 4. The van der Waals surface area contributed by atoms with Gasteiger partial charge in [-0.05, 0) is 28.8 Å². The Kier molecular flexibility index (Phi) is 4.81. The number of rotatable bonds is 7. The van der Waals surface area contributed by atoms with Crippen LogP contribution in [0.4, 0.5) is 0 Å². The molecule has 0 spiro atoms. The maximum absolute atomic E-state index is 10.8. The van der Waals surface area contributed by atoms with Crippen molar-refractivity contribution in [3.05, 3.63) is 41.7 Å². The number of hydrogen-bond donors (Lipinski definition) is 1. The Bertz CT molecular complexity index is 553. The number of carboxylic acids is 1. The summed E-state index contributed by atoms with van der Waals surface area (Å²) in [4.78, 5) is 10.8. The number of carboxylic acid groups (broad SMARTS) is 1. The molecule has 0 amide bonds. The summed E-state index contributed by atoms with van der Waals surface area (Å²) in [7, 11) is 0. The smallest absolute Gasteiger partial charge is 0.306 e. The van der Waals surface area contributed by atoms with E-state index >= 15 is 0 Å². The summed E-state index contributed by atoms with van der Waals surface area (Å²) in [6.45, 7) is 2.22. The van der Waals surface area contributed by atoms with E-state index in [4.69, 9.17) is 5.11 Å². The van der Waals surface area contributed by atoms with Gasteiger partial charge in [-0.1, -0.05) is 37.3 Å². The van der Waals surface area contributed by atoms with Gasteiger partial charge >= 0.3 is 5.97 Å². The Morgan fingerprint density at radius 3 is 2.75 bits per heavy atom. The summed E-state index contributed by atoms with van der Waals surface area (Å²) in [6.07, 6.45) is 2.15. The first kappa shape index (κ1) is 14.2. The number of benzene rings is 1. The van der Waals surface area contributed by atoms with Crippen molar-refractivity contribution >= 4 is 5.97 Å². The average molecular weight is 274 g/mol. The van der Waals surface area contributed by atoms with E-state index in [2.05, 4.69) is 27.7 Å². The third kappa shape index (κ3) is 3.88. The van der Waals surface area contributed by atoms with Crippen LogP contribution in [0, 0.1) is 5.92 Å². The van der Waals surface area contributed by atoms with Crippen LogP contribution in [0.2, 0.25) is 0 Å². The monoisotopic (exact) mass is 274 g/mol. The zero-order valence-electron chi connectivity index (χ0n) is 11.4. The fraction of sp³-hybridized carbons (Fsp3) is 0.429. The molecule has 2 rings (SSSR count). The molecule has 1 N–H and O–H groups in total. The lowest BCUT2D eigenvalue weighted by Gasteiger charge is -2.07. The molecule has 2 aromatic rings. The number of hydrogen-bond acceptors (Lipinski definition) is 4. The molecule has 0 aliphatic carbocycles. The summed E-state index contributed by atoms with van der Waals surface area (Å²) in [6, 6.07) is 10.1. The standard InChI is InChI=1S/C14H18N4O2/c1-11(14(19)20)9-10-18-13(15-16-17-18)8-7-12-5-3-2-4-6-12/h2-6,11H,7-10H2,1H3,(H,19,20). The van der Waals surface area contributed by atoms with Crippen LogP contribution < -0.4 is 0 Å². The number of carbonyl (C=O) groups is 1. The van der Waals surface area contributed by atoms with E-state index in [0.29, 0.717) is 13.0 Å². The van der Waals surface area contributed by atoms with Gasteiger partial charge in [-0.25, -0.2) is 4.68 Å². The molecule has 0 aliphatic heterocycles. The van der Waals surface area contributed by atoms with E-state index in [1.165, 1.54) is 5.56 Å². The van der Waals surface area contributed by atoms with E-state index in [0.717, 1.165) is 18.7 Å². The van der Waals surface area contributed by atoms with Gasteiger partial charge in [0, 0.05) is 13.0 Å². The van der Waals surface area contributed by atoms with Crippen molar-refractivity contribution in [3.8, 4) is 0 Å². The van der Waals surface area contributed by atoms with E-state index in [1.54, 1.807) is 11.6 Å². The van der Waals surface area contributed by atoms with Crippen LogP contribution in [0.5, 0.6) is 0 Å². The van der Waals surface area contributed by atoms with Gasteiger partial charge in [-0.3, -0.25) is 4.79 Å².